The topological polar surface area (TPSA) is 69.6 Å². The minimum Gasteiger partial charge on any atom is -0.504 e. The Morgan fingerprint density at radius 1 is 1.33 bits per heavy atom. The van der Waals surface area contributed by atoms with E-state index in [1.165, 1.54) is 18.2 Å². The Labute approximate surface area is 115 Å². The van der Waals surface area contributed by atoms with Crippen LogP contribution in [0.3, 0.4) is 0 Å². The summed E-state index contributed by atoms with van der Waals surface area (Å²) in [5.74, 6) is -0.229. The number of hydrogen-bond donors (Lipinski definition) is 3. The summed E-state index contributed by atoms with van der Waals surface area (Å²) in [6, 6.07) is 4.01. The quantitative estimate of drug-likeness (QED) is 0.578. The van der Waals surface area contributed by atoms with Gasteiger partial charge in [-0.15, -0.1) is 0 Å². The highest BCUT2D eigenvalue weighted by Crippen LogP contribution is 2.24. The minimum absolute atomic E-state index is 0.229. The van der Waals surface area contributed by atoms with Crippen molar-refractivity contribution < 1.29 is 15.0 Å². The average Bonchev–Trinajstić information content (AvgIpc) is 2.28. The lowest BCUT2D eigenvalue weighted by Crippen LogP contribution is -2.30. The maximum atomic E-state index is 11.8. The van der Waals surface area contributed by atoms with Gasteiger partial charge in [0, 0.05) is 16.9 Å². The molecule has 1 rings (SSSR count). The molecule has 0 radical (unpaired) electrons. The lowest BCUT2D eigenvalue weighted by molar-refractivity contribution is 0.0953. The van der Waals surface area contributed by atoms with E-state index in [0.29, 0.717) is 18.0 Å². The van der Waals surface area contributed by atoms with Gasteiger partial charge in [0.2, 0.25) is 0 Å². The number of amides is 1. The normalized spacial score (nSPS) is 12.4. The van der Waals surface area contributed by atoms with Crippen LogP contribution in [0, 0.1) is 5.92 Å². The molecule has 0 spiro atoms. The highest BCUT2D eigenvalue weighted by atomic mass is 79.9. The van der Waals surface area contributed by atoms with Gasteiger partial charge in [-0.3, -0.25) is 4.79 Å². The van der Waals surface area contributed by atoms with Gasteiger partial charge >= 0.3 is 0 Å². The smallest absolute Gasteiger partial charge is 0.251 e. The Bertz CT molecular complexity index is 421. The fourth-order valence-corrected chi connectivity index (χ4v) is 2.47. The largest absolute Gasteiger partial charge is 0.504 e. The molecule has 0 saturated heterocycles. The first-order chi connectivity index (χ1) is 8.40. The standard InChI is InChI=1S/C13H18BrNO3/c1-8(2)5-10(14)7-15-13(18)9-3-4-11(16)12(17)6-9/h3-4,6,8,10,16-17H,5,7H2,1-2H3,(H,15,18). The number of hydrogen-bond acceptors (Lipinski definition) is 3. The van der Waals surface area contributed by atoms with Gasteiger partial charge in [0.05, 0.1) is 0 Å². The van der Waals surface area contributed by atoms with E-state index in [2.05, 4.69) is 35.1 Å². The third kappa shape index (κ3) is 4.56. The van der Waals surface area contributed by atoms with Gasteiger partial charge in [0.1, 0.15) is 0 Å². The number of nitrogens with one attached hydrogen (secondary N) is 1. The highest BCUT2D eigenvalue weighted by Gasteiger charge is 2.11. The van der Waals surface area contributed by atoms with Gasteiger partial charge in [-0.25, -0.2) is 0 Å². The van der Waals surface area contributed by atoms with Crippen LogP contribution < -0.4 is 5.32 Å². The molecule has 1 atom stereocenters. The maximum absolute atomic E-state index is 11.8. The summed E-state index contributed by atoms with van der Waals surface area (Å²) in [4.78, 5) is 12.0. The van der Waals surface area contributed by atoms with Crippen molar-refractivity contribution in [3.8, 4) is 11.5 Å². The molecule has 0 aromatic heterocycles. The van der Waals surface area contributed by atoms with E-state index in [-0.39, 0.29) is 22.2 Å². The zero-order chi connectivity index (χ0) is 13.7. The van der Waals surface area contributed by atoms with E-state index in [1.54, 1.807) is 0 Å². The summed E-state index contributed by atoms with van der Waals surface area (Å²) in [6.45, 7) is 4.76. The van der Waals surface area contributed by atoms with Crippen LogP contribution in [0.5, 0.6) is 11.5 Å². The molecule has 0 aliphatic heterocycles. The molecule has 0 fully saturated rings. The fraction of sp³-hybridized carbons (Fsp3) is 0.462. The van der Waals surface area contributed by atoms with Crippen molar-refractivity contribution in [3.05, 3.63) is 23.8 Å². The zero-order valence-corrected chi connectivity index (χ0v) is 12.1. The van der Waals surface area contributed by atoms with Gasteiger partial charge in [-0.2, -0.15) is 0 Å². The number of benzene rings is 1. The second-order valence-electron chi connectivity index (χ2n) is 4.64. The molecule has 18 heavy (non-hydrogen) atoms. The highest BCUT2D eigenvalue weighted by molar-refractivity contribution is 9.09. The Morgan fingerprint density at radius 2 is 2.00 bits per heavy atom. The van der Waals surface area contributed by atoms with Gasteiger partial charge in [0.15, 0.2) is 11.5 Å². The molecule has 100 valence electrons. The van der Waals surface area contributed by atoms with Crippen molar-refractivity contribution in [3.63, 3.8) is 0 Å². The number of phenolic OH excluding ortho intramolecular Hbond substituents is 2. The molecule has 0 aliphatic rings. The molecule has 3 N–H and O–H groups in total. The summed E-state index contributed by atoms with van der Waals surface area (Å²) in [7, 11) is 0. The van der Waals surface area contributed by atoms with Crippen molar-refractivity contribution in [1.29, 1.82) is 0 Å². The molecule has 0 bridgehead atoms. The average molecular weight is 316 g/mol. The number of aromatic hydroxyl groups is 2. The van der Waals surface area contributed by atoms with E-state index >= 15 is 0 Å². The van der Waals surface area contributed by atoms with Crippen LogP contribution in [-0.2, 0) is 0 Å². The predicted molar refractivity (Wildman–Crippen MR) is 74.3 cm³/mol. The van der Waals surface area contributed by atoms with Crippen molar-refractivity contribution in [2.24, 2.45) is 5.92 Å². The first-order valence-electron chi connectivity index (χ1n) is 5.84. The molecule has 0 aliphatic carbocycles. The summed E-state index contributed by atoms with van der Waals surface area (Å²) in [5.41, 5.74) is 0.328. The van der Waals surface area contributed by atoms with E-state index < -0.39 is 0 Å². The van der Waals surface area contributed by atoms with E-state index in [9.17, 15) is 9.90 Å². The summed E-state index contributed by atoms with van der Waals surface area (Å²) in [5, 5.41) is 21.2. The Morgan fingerprint density at radius 3 is 2.56 bits per heavy atom. The zero-order valence-electron chi connectivity index (χ0n) is 10.5. The van der Waals surface area contributed by atoms with E-state index in [1.807, 2.05) is 0 Å². The molecule has 0 heterocycles. The lowest BCUT2D eigenvalue weighted by atomic mass is 10.1. The third-order valence-corrected chi connectivity index (χ3v) is 3.15. The molecule has 1 amide bonds. The molecule has 1 aromatic carbocycles. The van der Waals surface area contributed by atoms with Crippen molar-refractivity contribution >= 4 is 21.8 Å². The summed E-state index contributed by atoms with van der Waals surface area (Å²) >= 11 is 3.50. The van der Waals surface area contributed by atoms with Crippen LogP contribution in [0.25, 0.3) is 0 Å². The van der Waals surface area contributed by atoms with Crippen LogP contribution in [0.15, 0.2) is 18.2 Å². The number of phenols is 2. The molecule has 1 unspecified atom stereocenters. The molecular formula is C13H18BrNO3. The third-order valence-electron chi connectivity index (χ3n) is 2.45. The summed E-state index contributed by atoms with van der Waals surface area (Å²) in [6.07, 6.45) is 0.973. The van der Waals surface area contributed by atoms with Crippen LogP contribution in [0.1, 0.15) is 30.6 Å². The number of halogens is 1. The number of alkyl halides is 1. The molecule has 1 aromatic rings. The van der Waals surface area contributed by atoms with Gasteiger partial charge < -0.3 is 15.5 Å². The fourth-order valence-electron chi connectivity index (χ4n) is 1.57. The monoisotopic (exact) mass is 315 g/mol. The Balaban J connectivity index is 2.52. The van der Waals surface area contributed by atoms with Crippen LogP contribution in [-0.4, -0.2) is 27.5 Å². The van der Waals surface area contributed by atoms with E-state index in [0.717, 1.165) is 6.42 Å². The second kappa shape index (κ2) is 6.64. The maximum Gasteiger partial charge on any atom is 0.251 e. The molecule has 0 saturated carbocycles. The molecule has 4 nitrogen and oxygen atoms in total. The summed E-state index contributed by atoms with van der Waals surface area (Å²) < 4.78 is 0. The molecule has 5 heteroatoms. The lowest BCUT2D eigenvalue weighted by Gasteiger charge is -2.13. The number of carbonyl (C=O) groups excluding carboxylic acids is 1. The Hall–Kier alpha value is -1.23. The first-order valence-corrected chi connectivity index (χ1v) is 6.76. The number of rotatable bonds is 5. The SMILES string of the molecule is CC(C)CC(Br)CNC(=O)c1ccc(O)c(O)c1. The molecular weight excluding hydrogens is 298 g/mol. The van der Waals surface area contributed by atoms with Crippen molar-refractivity contribution in [2.75, 3.05) is 6.54 Å². The first kappa shape index (κ1) is 14.8. The van der Waals surface area contributed by atoms with Crippen LogP contribution >= 0.6 is 15.9 Å². The Kier molecular flexibility index (Phi) is 5.47. The van der Waals surface area contributed by atoms with Gasteiger partial charge in [-0.1, -0.05) is 29.8 Å². The predicted octanol–water partition coefficient (Wildman–Crippen LogP) is 2.64. The van der Waals surface area contributed by atoms with E-state index in [4.69, 9.17) is 5.11 Å². The van der Waals surface area contributed by atoms with Gasteiger partial charge in [0.25, 0.3) is 5.91 Å². The van der Waals surface area contributed by atoms with Gasteiger partial charge in [-0.05, 0) is 30.5 Å². The van der Waals surface area contributed by atoms with Crippen LogP contribution in [0.2, 0.25) is 0 Å². The van der Waals surface area contributed by atoms with Crippen LogP contribution in [0.4, 0.5) is 0 Å². The number of carbonyl (C=O) groups is 1. The van der Waals surface area contributed by atoms with Crippen molar-refractivity contribution in [2.45, 2.75) is 25.1 Å². The van der Waals surface area contributed by atoms with Crippen molar-refractivity contribution in [1.82, 2.24) is 5.32 Å². The second-order valence-corrected chi connectivity index (χ2v) is 5.94. The minimum atomic E-state index is -0.291.